The molecule has 0 heteroatoms. The molecule has 0 nitrogen and oxygen atoms in total. The second-order valence-electron chi connectivity index (χ2n) is 2.81. The van der Waals surface area contributed by atoms with Gasteiger partial charge in [0.15, 0.2) is 0 Å². The number of rotatable bonds is 2. The predicted octanol–water partition coefficient (Wildman–Crippen LogP) is 3.23. The van der Waals surface area contributed by atoms with Gasteiger partial charge in [-0.15, -0.1) is 6.58 Å². The Morgan fingerprint density at radius 2 is 2.30 bits per heavy atom. The van der Waals surface area contributed by atoms with Crippen molar-refractivity contribution >= 4 is 0 Å². The molecule has 0 aromatic rings. The second-order valence-corrected chi connectivity index (χ2v) is 2.81. The smallest absolute Gasteiger partial charge is 0.0139 e. The maximum Gasteiger partial charge on any atom is -0.0139 e. The van der Waals surface area contributed by atoms with Crippen LogP contribution in [0.15, 0.2) is 36.5 Å². The van der Waals surface area contributed by atoms with Crippen molar-refractivity contribution < 1.29 is 0 Å². The zero-order valence-electron chi connectivity index (χ0n) is 6.40. The van der Waals surface area contributed by atoms with E-state index >= 15 is 0 Å². The van der Waals surface area contributed by atoms with E-state index in [4.69, 9.17) is 0 Å². The van der Waals surface area contributed by atoms with Crippen molar-refractivity contribution in [2.75, 3.05) is 0 Å². The molecule has 0 heterocycles. The fourth-order valence-corrected chi connectivity index (χ4v) is 1.20. The summed E-state index contributed by atoms with van der Waals surface area (Å²) in [4.78, 5) is 0. The largest absolute Gasteiger partial charge is 0.103 e. The highest BCUT2D eigenvalue weighted by atomic mass is 14.1. The summed E-state index contributed by atoms with van der Waals surface area (Å²) in [5.41, 5.74) is 2.90. The highest BCUT2D eigenvalue weighted by Crippen LogP contribution is 2.23. The van der Waals surface area contributed by atoms with Gasteiger partial charge < -0.3 is 0 Å². The minimum atomic E-state index is 1.06. The first-order chi connectivity index (χ1) is 4.83. The van der Waals surface area contributed by atoms with Crippen LogP contribution in [-0.2, 0) is 0 Å². The Morgan fingerprint density at radius 3 is 2.80 bits per heavy atom. The molecule has 54 valence electrons. The normalized spacial score (nSPS) is 18.4. The average molecular weight is 134 g/mol. The average Bonchev–Trinajstić information content (AvgIpc) is 1.95. The molecule has 0 aromatic heterocycles. The van der Waals surface area contributed by atoms with Crippen molar-refractivity contribution in [3.05, 3.63) is 36.5 Å². The van der Waals surface area contributed by atoms with Crippen LogP contribution in [-0.4, -0.2) is 0 Å². The summed E-state index contributed by atoms with van der Waals surface area (Å²) >= 11 is 0. The lowest BCUT2D eigenvalue weighted by molar-refractivity contribution is 0.832. The molecule has 1 aliphatic carbocycles. The molecule has 0 unspecified atom stereocenters. The van der Waals surface area contributed by atoms with E-state index in [1.165, 1.54) is 24.0 Å². The SMILES string of the molecule is C=CCC1=CCC(=C)CC1. The van der Waals surface area contributed by atoms with Gasteiger partial charge in [0.25, 0.3) is 0 Å². The topological polar surface area (TPSA) is 0 Å². The number of hydrogen-bond acceptors (Lipinski definition) is 0. The first kappa shape index (κ1) is 7.33. The second kappa shape index (κ2) is 3.40. The molecular formula is C10H14. The van der Waals surface area contributed by atoms with Crippen molar-refractivity contribution in [2.45, 2.75) is 25.7 Å². The van der Waals surface area contributed by atoms with Crippen molar-refractivity contribution in [1.82, 2.24) is 0 Å². The fraction of sp³-hybridized carbons (Fsp3) is 0.400. The minimum absolute atomic E-state index is 1.06. The summed E-state index contributed by atoms with van der Waals surface area (Å²) in [5, 5.41) is 0. The van der Waals surface area contributed by atoms with E-state index < -0.39 is 0 Å². The minimum Gasteiger partial charge on any atom is -0.103 e. The molecule has 0 aliphatic heterocycles. The summed E-state index contributed by atoms with van der Waals surface area (Å²) in [6, 6.07) is 0. The van der Waals surface area contributed by atoms with Gasteiger partial charge in [-0.05, 0) is 25.7 Å². The summed E-state index contributed by atoms with van der Waals surface area (Å²) in [5.74, 6) is 0. The first-order valence-electron chi connectivity index (χ1n) is 3.78. The molecule has 1 aliphatic rings. The highest BCUT2D eigenvalue weighted by Gasteiger charge is 2.03. The lowest BCUT2D eigenvalue weighted by atomic mass is 9.94. The lowest BCUT2D eigenvalue weighted by Crippen LogP contribution is -1.92. The summed E-state index contributed by atoms with van der Waals surface area (Å²) in [6.45, 7) is 7.65. The fourth-order valence-electron chi connectivity index (χ4n) is 1.20. The van der Waals surface area contributed by atoms with Crippen LogP contribution in [0.1, 0.15) is 25.7 Å². The molecule has 0 saturated carbocycles. The Morgan fingerprint density at radius 1 is 1.50 bits per heavy atom. The molecule has 0 N–H and O–H groups in total. The monoisotopic (exact) mass is 134 g/mol. The zero-order chi connectivity index (χ0) is 7.40. The third-order valence-corrected chi connectivity index (χ3v) is 1.89. The van der Waals surface area contributed by atoms with Gasteiger partial charge in [-0.2, -0.15) is 0 Å². The Labute approximate surface area is 62.9 Å². The first-order valence-corrected chi connectivity index (χ1v) is 3.78. The molecule has 0 bridgehead atoms. The van der Waals surface area contributed by atoms with Gasteiger partial charge in [0, 0.05) is 0 Å². The Hall–Kier alpha value is -0.780. The third kappa shape index (κ3) is 1.87. The van der Waals surface area contributed by atoms with Gasteiger partial charge >= 0.3 is 0 Å². The highest BCUT2D eigenvalue weighted by molar-refractivity contribution is 5.18. The maximum absolute atomic E-state index is 3.94. The maximum atomic E-state index is 3.94. The molecule has 10 heavy (non-hydrogen) atoms. The van der Waals surface area contributed by atoms with E-state index in [2.05, 4.69) is 19.2 Å². The number of hydrogen-bond donors (Lipinski definition) is 0. The quantitative estimate of drug-likeness (QED) is 0.509. The Kier molecular flexibility index (Phi) is 2.49. The molecule has 0 spiro atoms. The molecule has 0 fully saturated rings. The predicted molar refractivity (Wildman–Crippen MR) is 45.9 cm³/mol. The summed E-state index contributed by atoms with van der Waals surface area (Å²) < 4.78 is 0. The molecule has 0 radical (unpaired) electrons. The molecular weight excluding hydrogens is 120 g/mol. The van der Waals surface area contributed by atoms with Crippen molar-refractivity contribution in [3.8, 4) is 0 Å². The third-order valence-electron chi connectivity index (χ3n) is 1.89. The van der Waals surface area contributed by atoms with Crippen LogP contribution >= 0.6 is 0 Å². The molecule has 1 rings (SSSR count). The van der Waals surface area contributed by atoms with Crippen molar-refractivity contribution in [2.24, 2.45) is 0 Å². The van der Waals surface area contributed by atoms with Crippen LogP contribution in [0.2, 0.25) is 0 Å². The van der Waals surface area contributed by atoms with E-state index in [0.717, 1.165) is 12.8 Å². The van der Waals surface area contributed by atoms with Crippen LogP contribution in [0.5, 0.6) is 0 Å². The van der Waals surface area contributed by atoms with Crippen LogP contribution in [0.3, 0.4) is 0 Å². The summed E-state index contributed by atoms with van der Waals surface area (Å²) in [7, 11) is 0. The van der Waals surface area contributed by atoms with Gasteiger partial charge in [0.1, 0.15) is 0 Å². The van der Waals surface area contributed by atoms with Gasteiger partial charge in [-0.3, -0.25) is 0 Å². The molecule has 0 amide bonds. The molecule has 0 atom stereocenters. The van der Waals surface area contributed by atoms with Gasteiger partial charge in [-0.1, -0.05) is 29.9 Å². The van der Waals surface area contributed by atoms with Gasteiger partial charge in [0.05, 0.1) is 0 Å². The zero-order valence-corrected chi connectivity index (χ0v) is 6.40. The number of allylic oxidation sites excluding steroid dienone is 4. The Balaban J connectivity index is 2.47. The van der Waals surface area contributed by atoms with Crippen LogP contribution in [0.4, 0.5) is 0 Å². The van der Waals surface area contributed by atoms with Crippen LogP contribution in [0, 0.1) is 0 Å². The summed E-state index contributed by atoms with van der Waals surface area (Å²) in [6.07, 6.45) is 8.79. The van der Waals surface area contributed by atoms with Gasteiger partial charge in [-0.25, -0.2) is 0 Å². The standard InChI is InChI=1S/C10H14/c1-3-4-10-7-5-9(2)6-8-10/h3,7H,1-2,4-6,8H2. The van der Waals surface area contributed by atoms with E-state index in [-0.39, 0.29) is 0 Å². The van der Waals surface area contributed by atoms with Crippen molar-refractivity contribution in [1.29, 1.82) is 0 Å². The van der Waals surface area contributed by atoms with E-state index in [9.17, 15) is 0 Å². The van der Waals surface area contributed by atoms with E-state index in [0.29, 0.717) is 0 Å². The van der Waals surface area contributed by atoms with Crippen LogP contribution in [0.25, 0.3) is 0 Å². The Bertz CT molecular complexity index is 172. The van der Waals surface area contributed by atoms with Crippen LogP contribution < -0.4 is 0 Å². The van der Waals surface area contributed by atoms with E-state index in [1.807, 2.05) is 6.08 Å². The van der Waals surface area contributed by atoms with Crippen molar-refractivity contribution in [3.63, 3.8) is 0 Å². The molecule has 0 aromatic carbocycles. The van der Waals surface area contributed by atoms with Gasteiger partial charge in [0.2, 0.25) is 0 Å². The van der Waals surface area contributed by atoms with E-state index in [1.54, 1.807) is 0 Å². The lowest BCUT2D eigenvalue weighted by Gasteiger charge is -2.12. The molecule has 0 saturated heterocycles.